The summed E-state index contributed by atoms with van der Waals surface area (Å²) in [6.45, 7) is 0.844. The van der Waals surface area contributed by atoms with E-state index in [0.29, 0.717) is 11.7 Å². The smallest absolute Gasteiger partial charge is 0.226 e. The van der Waals surface area contributed by atoms with Crippen LogP contribution < -0.4 is 5.73 Å². The quantitative estimate of drug-likeness (QED) is 0.898. The number of anilines is 1. The van der Waals surface area contributed by atoms with Gasteiger partial charge in [0.05, 0.1) is 17.9 Å². The molecule has 3 heterocycles. The number of nitrogens with one attached hydrogen (secondary N) is 1. The van der Waals surface area contributed by atoms with Crippen LogP contribution in [-0.4, -0.2) is 32.5 Å². The molecule has 6 heteroatoms. The molecular weight excluding hydrogens is 314 g/mol. The van der Waals surface area contributed by atoms with E-state index in [4.69, 9.17) is 5.73 Å². The van der Waals surface area contributed by atoms with E-state index < -0.39 is 0 Å². The van der Waals surface area contributed by atoms with Crippen LogP contribution in [-0.2, 0) is 4.79 Å². The van der Waals surface area contributed by atoms with E-state index in [-0.39, 0.29) is 12.0 Å². The third-order valence-corrected chi connectivity index (χ3v) is 5.58. The van der Waals surface area contributed by atoms with Crippen molar-refractivity contribution in [3.8, 4) is 11.1 Å². The summed E-state index contributed by atoms with van der Waals surface area (Å²) in [6, 6.07) is 3.88. The molecule has 1 saturated carbocycles. The first-order valence-electron chi connectivity index (χ1n) is 9.29. The van der Waals surface area contributed by atoms with E-state index in [1.54, 1.807) is 6.20 Å². The fraction of sp³-hybridized carbons (Fsp3) is 0.526. The second-order valence-electron chi connectivity index (χ2n) is 7.19. The molecule has 0 radical (unpaired) electrons. The van der Waals surface area contributed by atoms with Crippen LogP contribution in [0, 0.1) is 5.92 Å². The van der Waals surface area contributed by atoms with Crippen molar-refractivity contribution in [1.82, 2.24) is 20.1 Å². The largest absolute Gasteiger partial charge is 0.384 e. The Morgan fingerprint density at radius 1 is 1.20 bits per heavy atom. The zero-order chi connectivity index (χ0) is 17.2. The maximum Gasteiger partial charge on any atom is 0.226 e. The fourth-order valence-corrected chi connectivity index (χ4v) is 4.30. The van der Waals surface area contributed by atoms with Gasteiger partial charge in [-0.3, -0.25) is 9.89 Å². The SMILES string of the molecule is Nc1cc(-c2cn[nH]c2[C@@H]2CCCCN2C(=O)C2CCCC2)ccn1. The Kier molecular flexibility index (Phi) is 4.42. The van der Waals surface area contributed by atoms with Gasteiger partial charge in [-0.15, -0.1) is 0 Å². The van der Waals surface area contributed by atoms with Gasteiger partial charge in [0.15, 0.2) is 0 Å². The molecular formula is C19H25N5O. The average Bonchev–Trinajstić information content (AvgIpc) is 3.33. The van der Waals surface area contributed by atoms with Gasteiger partial charge in [-0.25, -0.2) is 4.98 Å². The molecule has 0 bridgehead atoms. The monoisotopic (exact) mass is 339 g/mol. The average molecular weight is 339 g/mol. The summed E-state index contributed by atoms with van der Waals surface area (Å²) in [5.74, 6) is 1.03. The predicted molar refractivity (Wildman–Crippen MR) is 96.5 cm³/mol. The molecule has 2 fully saturated rings. The Bertz CT molecular complexity index is 750. The molecule has 1 aliphatic carbocycles. The van der Waals surface area contributed by atoms with Gasteiger partial charge in [0, 0.05) is 24.2 Å². The van der Waals surface area contributed by atoms with Gasteiger partial charge >= 0.3 is 0 Å². The van der Waals surface area contributed by atoms with E-state index in [2.05, 4.69) is 20.1 Å². The molecule has 1 amide bonds. The minimum atomic E-state index is 0.0775. The summed E-state index contributed by atoms with van der Waals surface area (Å²) in [5, 5.41) is 7.43. The van der Waals surface area contributed by atoms with Gasteiger partial charge in [-0.1, -0.05) is 12.8 Å². The number of carbonyl (C=O) groups is 1. The van der Waals surface area contributed by atoms with Gasteiger partial charge in [-0.05, 0) is 49.8 Å². The molecule has 4 rings (SSSR count). The summed E-state index contributed by atoms with van der Waals surface area (Å²) >= 11 is 0. The van der Waals surface area contributed by atoms with Crippen LogP contribution in [0.4, 0.5) is 5.82 Å². The van der Waals surface area contributed by atoms with Crippen LogP contribution in [0.2, 0.25) is 0 Å². The van der Waals surface area contributed by atoms with Gasteiger partial charge < -0.3 is 10.6 Å². The Morgan fingerprint density at radius 3 is 2.80 bits per heavy atom. The minimum absolute atomic E-state index is 0.0775. The molecule has 0 unspecified atom stereocenters. The number of nitrogens with two attached hydrogens (primary N) is 1. The molecule has 25 heavy (non-hydrogen) atoms. The molecule has 1 saturated heterocycles. The van der Waals surface area contributed by atoms with Gasteiger partial charge in [-0.2, -0.15) is 5.10 Å². The van der Waals surface area contributed by atoms with E-state index >= 15 is 0 Å². The molecule has 0 aromatic carbocycles. The fourth-order valence-electron chi connectivity index (χ4n) is 4.30. The van der Waals surface area contributed by atoms with Gasteiger partial charge in [0.25, 0.3) is 0 Å². The molecule has 1 atom stereocenters. The van der Waals surface area contributed by atoms with Gasteiger partial charge in [0.1, 0.15) is 5.82 Å². The molecule has 2 aliphatic rings. The molecule has 3 N–H and O–H groups in total. The second kappa shape index (κ2) is 6.86. The number of likely N-dealkylation sites (tertiary alicyclic amines) is 1. The van der Waals surface area contributed by atoms with Crippen molar-refractivity contribution in [3.63, 3.8) is 0 Å². The highest BCUT2D eigenvalue weighted by atomic mass is 16.2. The number of aromatic nitrogens is 3. The Hall–Kier alpha value is -2.37. The van der Waals surface area contributed by atoms with Crippen LogP contribution >= 0.6 is 0 Å². The third kappa shape index (κ3) is 3.13. The lowest BCUT2D eigenvalue weighted by molar-refractivity contribution is -0.139. The highest BCUT2D eigenvalue weighted by Crippen LogP contribution is 2.38. The molecule has 6 nitrogen and oxygen atoms in total. The number of carbonyl (C=O) groups excluding carboxylic acids is 1. The minimum Gasteiger partial charge on any atom is -0.384 e. The normalized spacial score (nSPS) is 21.6. The highest BCUT2D eigenvalue weighted by molar-refractivity contribution is 5.80. The maximum absolute atomic E-state index is 13.1. The second-order valence-corrected chi connectivity index (χ2v) is 7.19. The van der Waals surface area contributed by atoms with Crippen LogP contribution in [0.1, 0.15) is 56.7 Å². The summed E-state index contributed by atoms with van der Waals surface area (Å²) in [7, 11) is 0. The number of hydrogen-bond acceptors (Lipinski definition) is 4. The standard InChI is InChI=1S/C19H25N5O/c20-17-11-14(8-9-21-17)15-12-22-23-18(15)16-7-3-4-10-24(16)19(25)13-5-1-2-6-13/h8-9,11-13,16H,1-7,10H2,(H2,20,21)(H,22,23)/t16-/m0/s1. The molecule has 0 spiro atoms. The lowest BCUT2D eigenvalue weighted by atomic mass is 9.93. The van der Waals surface area contributed by atoms with Crippen LogP contribution in [0.3, 0.4) is 0 Å². The van der Waals surface area contributed by atoms with Crippen molar-refractivity contribution in [2.45, 2.75) is 51.0 Å². The number of piperidine rings is 1. The first kappa shape index (κ1) is 16.1. The first-order chi connectivity index (χ1) is 12.2. The van der Waals surface area contributed by atoms with Crippen molar-refractivity contribution < 1.29 is 4.79 Å². The number of nitrogens with zero attached hydrogens (tertiary/aromatic N) is 3. The summed E-state index contributed by atoms with van der Waals surface area (Å²) < 4.78 is 0. The van der Waals surface area contributed by atoms with Crippen molar-refractivity contribution in [2.75, 3.05) is 12.3 Å². The van der Waals surface area contributed by atoms with E-state index in [0.717, 1.165) is 55.5 Å². The Morgan fingerprint density at radius 2 is 2.00 bits per heavy atom. The highest BCUT2D eigenvalue weighted by Gasteiger charge is 2.35. The van der Waals surface area contributed by atoms with E-state index in [1.165, 1.54) is 12.8 Å². The molecule has 1 aliphatic heterocycles. The summed E-state index contributed by atoms with van der Waals surface area (Å²) in [6.07, 6.45) is 11.2. The zero-order valence-corrected chi connectivity index (χ0v) is 14.4. The van der Waals surface area contributed by atoms with Crippen molar-refractivity contribution in [2.24, 2.45) is 5.92 Å². The van der Waals surface area contributed by atoms with Crippen LogP contribution in [0.15, 0.2) is 24.5 Å². The Labute approximate surface area is 147 Å². The molecule has 2 aromatic heterocycles. The first-order valence-corrected chi connectivity index (χ1v) is 9.29. The number of amides is 1. The van der Waals surface area contributed by atoms with E-state index in [9.17, 15) is 4.79 Å². The van der Waals surface area contributed by atoms with Crippen LogP contribution in [0.25, 0.3) is 11.1 Å². The summed E-state index contributed by atoms with van der Waals surface area (Å²) in [4.78, 5) is 19.2. The zero-order valence-electron chi connectivity index (χ0n) is 14.4. The maximum atomic E-state index is 13.1. The summed E-state index contributed by atoms with van der Waals surface area (Å²) in [5.41, 5.74) is 8.88. The van der Waals surface area contributed by atoms with Crippen molar-refractivity contribution in [1.29, 1.82) is 0 Å². The molecule has 132 valence electrons. The topological polar surface area (TPSA) is 87.9 Å². The van der Waals surface area contributed by atoms with Crippen LogP contribution in [0.5, 0.6) is 0 Å². The van der Waals surface area contributed by atoms with Crippen molar-refractivity contribution in [3.05, 3.63) is 30.2 Å². The number of pyridine rings is 1. The Balaban J connectivity index is 1.65. The number of hydrogen-bond donors (Lipinski definition) is 2. The van der Waals surface area contributed by atoms with Gasteiger partial charge in [0.2, 0.25) is 5.91 Å². The van der Waals surface area contributed by atoms with Crippen molar-refractivity contribution >= 4 is 11.7 Å². The lowest BCUT2D eigenvalue weighted by Gasteiger charge is -2.37. The number of H-pyrrole nitrogens is 1. The number of aromatic amines is 1. The molecule has 2 aromatic rings. The van der Waals surface area contributed by atoms with E-state index in [1.807, 2.05) is 18.3 Å². The number of nitrogen functional groups attached to an aromatic ring is 1. The predicted octanol–water partition coefficient (Wildman–Crippen LogP) is 3.30. The number of rotatable bonds is 3. The lowest BCUT2D eigenvalue weighted by Crippen LogP contribution is -2.41. The third-order valence-electron chi connectivity index (χ3n) is 5.58.